The topological polar surface area (TPSA) is 56.0 Å². The number of hydrogen-bond acceptors (Lipinski definition) is 4. The molecule has 0 fully saturated rings. The van der Waals surface area contributed by atoms with E-state index >= 15 is 0 Å². The Hall–Kier alpha value is -2.23. The number of aromatic nitrogens is 2. The summed E-state index contributed by atoms with van der Waals surface area (Å²) in [4.78, 5) is 20.7. The Morgan fingerprint density at radius 2 is 1.59 bits per heavy atom. The van der Waals surface area contributed by atoms with Crippen LogP contribution in [-0.2, 0) is 0 Å². The molecule has 29 heavy (non-hydrogen) atoms. The molecule has 0 aliphatic rings. The fourth-order valence-corrected chi connectivity index (χ4v) is 3.32. The minimum atomic E-state index is -0.0222. The van der Waals surface area contributed by atoms with Crippen LogP contribution in [0.25, 0.3) is 11.4 Å². The van der Waals surface area contributed by atoms with Gasteiger partial charge in [0.2, 0.25) is 5.78 Å². The lowest BCUT2D eigenvalue weighted by Gasteiger charge is -1.99. The number of nitrogens with zero attached hydrogens (tertiary/aromatic N) is 2. The van der Waals surface area contributed by atoms with Gasteiger partial charge in [0.25, 0.3) is 5.89 Å². The maximum Gasteiger partial charge on any atom is 0.263 e. The zero-order valence-electron chi connectivity index (χ0n) is 17.9. The highest BCUT2D eigenvalue weighted by Gasteiger charge is 2.14. The molecule has 0 aliphatic heterocycles. The molecular weight excluding hydrogens is 360 g/mol. The van der Waals surface area contributed by atoms with Crippen molar-refractivity contribution in [3.63, 3.8) is 0 Å². The lowest BCUT2D eigenvalue weighted by molar-refractivity contribution is 0.0945. The predicted molar refractivity (Wildman–Crippen MR) is 119 cm³/mol. The molecule has 0 unspecified atom stereocenters. The minimum absolute atomic E-state index is 0.0222. The minimum Gasteiger partial charge on any atom is -0.442 e. The monoisotopic (exact) mass is 396 g/mol. The van der Waals surface area contributed by atoms with Crippen LogP contribution in [0.1, 0.15) is 101 Å². The molecule has 4 heteroatoms. The summed E-state index contributed by atoms with van der Waals surface area (Å²) in [7, 11) is 0. The Morgan fingerprint density at radius 1 is 0.897 bits per heavy atom. The summed E-state index contributed by atoms with van der Waals surface area (Å²) < 4.78 is 5.34. The van der Waals surface area contributed by atoms with Crippen LogP contribution < -0.4 is 0 Å². The fourth-order valence-electron chi connectivity index (χ4n) is 3.32. The van der Waals surface area contributed by atoms with E-state index < -0.39 is 0 Å². The van der Waals surface area contributed by atoms with Crippen LogP contribution in [0.15, 0.2) is 47.2 Å². The Balaban J connectivity index is 1.48. The second-order valence-corrected chi connectivity index (χ2v) is 7.66. The normalized spacial score (nSPS) is 11.3. The van der Waals surface area contributed by atoms with Crippen molar-refractivity contribution in [2.75, 3.05) is 0 Å². The number of carbonyl (C=O) groups is 1. The standard InChI is InChI=1S/C25H36N2O2/c1-2-3-4-5-6-7-8-9-10-11-12-13-14-15-19-24(28)25-27-23(21-29-25)22-18-16-17-20-26-22/h9-10,16-18,20-21H,2-8,11-15,19H2,1H3/b10-9-. The first-order chi connectivity index (χ1) is 14.3. The maximum absolute atomic E-state index is 12.2. The molecule has 2 aromatic rings. The largest absolute Gasteiger partial charge is 0.442 e. The van der Waals surface area contributed by atoms with Gasteiger partial charge in [-0.2, -0.15) is 0 Å². The smallest absolute Gasteiger partial charge is 0.263 e. The van der Waals surface area contributed by atoms with E-state index in [1.54, 1.807) is 6.20 Å². The van der Waals surface area contributed by atoms with Gasteiger partial charge in [0.1, 0.15) is 12.0 Å². The average Bonchev–Trinajstić information content (AvgIpc) is 3.25. The second kappa shape index (κ2) is 14.7. The molecule has 4 nitrogen and oxygen atoms in total. The highest BCUT2D eigenvalue weighted by Crippen LogP contribution is 2.17. The molecule has 0 radical (unpaired) electrons. The summed E-state index contributed by atoms with van der Waals surface area (Å²) in [5, 5.41) is 0. The third-order valence-electron chi connectivity index (χ3n) is 5.09. The summed E-state index contributed by atoms with van der Waals surface area (Å²) in [5.74, 6) is 0.175. The van der Waals surface area contributed by atoms with Gasteiger partial charge in [0.15, 0.2) is 0 Å². The molecule has 0 bridgehead atoms. The van der Waals surface area contributed by atoms with Crippen molar-refractivity contribution in [1.29, 1.82) is 0 Å². The van der Waals surface area contributed by atoms with Crippen LogP contribution in [0, 0.1) is 0 Å². The maximum atomic E-state index is 12.2. The molecule has 2 aromatic heterocycles. The molecule has 2 rings (SSSR count). The molecule has 0 aromatic carbocycles. The van der Waals surface area contributed by atoms with Crippen LogP contribution in [0.2, 0.25) is 0 Å². The van der Waals surface area contributed by atoms with Gasteiger partial charge in [0, 0.05) is 12.6 Å². The van der Waals surface area contributed by atoms with Crippen molar-refractivity contribution >= 4 is 5.78 Å². The number of Topliss-reactive ketones (excluding diaryl/α,β-unsaturated/α-hetero) is 1. The first-order valence-corrected chi connectivity index (χ1v) is 11.4. The molecule has 0 N–H and O–H groups in total. The van der Waals surface area contributed by atoms with Crippen LogP contribution in [-0.4, -0.2) is 15.8 Å². The van der Waals surface area contributed by atoms with Gasteiger partial charge in [-0.25, -0.2) is 4.98 Å². The first-order valence-electron chi connectivity index (χ1n) is 11.4. The zero-order valence-corrected chi connectivity index (χ0v) is 17.9. The van der Waals surface area contributed by atoms with Crippen molar-refractivity contribution < 1.29 is 9.21 Å². The summed E-state index contributed by atoms with van der Waals surface area (Å²) in [6.07, 6.45) is 23.2. The van der Waals surface area contributed by atoms with Crippen molar-refractivity contribution in [3.05, 3.63) is 48.7 Å². The number of oxazole rings is 1. The molecular formula is C25H36N2O2. The SMILES string of the molecule is CCCCCCCC/C=C\CCCCCCC(=O)c1nc(-c2ccccn2)co1. The number of pyridine rings is 1. The summed E-state index contributed by atoms with van der Waals surface area (Å²) in [5.41, 5.74) is 1.33. The van der Waals surface area contributed by atoms with E-state index in [0.717, 1.165) is 25.0 Å². The van der Waals surface area contributed by atoms with Gasteiger partial charge >= 0.3 is 0 Å². The van der Waals surface area contributed by atoms with Crippen LogP contribution in [0.3, 0.4) is 0 Å². The summed E-state index contributed by atoms with van der Waals surface area (Å²) in [6, 6.07) is 5.59. The molecule has 0 saturated heterocycles. The average molecular weight is 397 g/mol. The quantitative estimate of drug-likeness (QED) is 0.167. The van der Waals surface area contributed by atoms with E-state index in [1.807, 2.05) is 18.2 Å². The van der Waals surface area contributed by atoms with E-state index in [1.165, 1.54) is 64.1 Å². The third-order valence-corrected chi connectivity index (χ3v) is 5.09. The van der Waals surface area contributed by atoms with Gasteiger partial charge in [-0.3, -0.25) is 9.78 Å². The van der Waals surface area contributed by atoms with Crippen LogP contribution in [0.5, 0.6) is 0 Å². The highest BCUT2D eigenvalue weighted by atomic mass is 16.3. The van der Waals surface area contributed by atoms with E-state index in [9.17, 15) is 4.79 Å². The van der Waals surface area contributed by atoms with Crippen molar-refractivity contribution in [1.82, 2.24) is 9.97 Å². The van der Waals surface area contributed by atoms with Gasteiger partial charge in [0.05, 0.1) is 5.69 Å². The molecule has 2 heterocycles. The molecule has 0 atom stereocenters. The number of carbonyl (C=O) groups excluding carboxylic acids is 1. The van der Waals surface area contributed by atoms with Crippen molar-refractivity contribution in [3.8, 4) is 11.4 Å². The molecule has 0 amide bonds. The van der Waals surface area contributed by atoms with E-state index in [2.05, 4.69) is 29.0 Å². The predicted octanol–water partition coefficient (Wildman–Crippen LogP) is 7.57. The number of ketones is 1. The Kier molecular flexibility index (Phi) is 11.7. The van der Waals surface area contributed by atoms with Gasteiger partial charge in [-0.15, -0.1) is 0 Å². The van der Waals surface area contributed by atoms with E-state index in [0.29, 0.717) is 12.1 Å². The second-order valence-electron chi connectivity index (χ2n) is 7.66. The number of rotatable bonds is 16. The molecule has 0 aliphatic carbocycles. The van der Waals surface area contributed by atoms with Gasteiger partial charge < -0.3 is 4.42 Å². The van der Waals surface area contributed by atoms with Crippen LogP contribution >= 0.6 is 0 Å². The zero-order chi connectivity index (χ0) is 20.6. The number of unbranched alkanes of at least 4 members (excludes halogenated alkanes) is 10. The summed E-state index contributed by atoms with van der Waals surface area (Å²) >= 11 is 0. The van der Waals surface area contributed by atoms with E-state index in [4.69, 9.17) is 4.42 Å². The number of hydrogen-bond donors (Lipinski definition) is 0. The first kappa shape index (κ1) is 23.1. The molecule has 158 valence electrons. The highest BCUT2D eigenvalue weighted by molar-refractivity contribution is 5.92. The summed E-state index contributed by atoms with van der Waals surface area (Å²) in [6.45, 7) is 2.26. The fraction of sp³-hybridized carbons (Fsp3) is 0.560. The molecule has 0 spiro atoms. The third kappa shape index (κ3) is 9.69. The molecule has 0 saturated carbocycles. The Morgan fingerprint density at radius 3 is 2.28 bits per heavy atom. The van der Waals surface area contributed by atoms with Gasteiger partial charge in [-0.05, 0) is 44.2 Å². The Labute approximate surface area is 175 Å². The van der Waals surface area contributed by atoms with Crippen molar-refractivity contribution in [2.45, 2.75) is 90.4 Å². The lowest BCUT2D eigenvalue weighted by atomic mass is 10.1. The number of allylic oxidation sites excluding steroid dienone is 2. The van der Waals surface area contributed by atoms with Crippen molar-refractivity contribution in [2.24, 2.45) is 0 Å². The van der Waals surface area contributed by atoms with Gasteiger partial charge in [-0.1, -0.05) is 70.1 Å². The van der Waals surface area contributed by atoms with E-state index in [-0.39, 0.29) is 11.7 Å². The lowest BCUT2D eigenvalue weighted by Crippen LogP contribution is -1.99. The Bertz CT molecular complexity index is 707. The van der Waals surface area contributed by atoms with Crippen LogP contribution in [0.4, 0.5) is 0 Å².